The second-order valence-electron chi connectivity index (χ2n) is 3.10. The molecule has 0 unspecified atom stereocenters. The van der Waals surface area contributed by atoms with Crippen LogP contribution in [0.5, 0.6) is 0 Å². The molecule has 2 heterocycles. The SMILES string of the molecule is CCS(=O)(=O)NCCc1nn2cnnc2s1. The highest BCUT2D eigenvalue weighted by Crippen LogP contribution is 2.11. The van der Waals surface area contributed by atoms with Gasteiger partial charge in [-0.1, -0.05) is 11.3 Å². The quantitative estimate of drug-likeness (QED) is 0.796. The third-order valence-corrected chi connectivity index (χ3v) is 4.35. The molecule has 0 aliphatic heterocycles. The maximum absolute atomic E-state index is 11.2. The van der Waals surface area contributed by atoms with Gasteiger partial charge >= 0.3 is 0 Å². The van der Waals surface area contributed by atoms with Gasteiger partial charge in [0.05, 0.1) is 5.75 Å². The minimum Gasteiger partial charge on any atom is -0.215 e. The Bertz CT molecular complexity index is 544. The van der Waals surface area contributed by atoms with Crippen LogP contribution in [0.25, 0.3) is 4.96 Å². The Balaban J connectivity index is 1.94. The second kappa shape index (κ2) is 4.44. The van der Waals surface area contributed by atoms with Crippen LogP contribution < -0.4 is 4.72 Å². The van der Waals surface area contributed by atoms with Crippen molar-refractivity contribution >= 4 is 26.3 Å². The number of hydrogen-bond donors (Lipinski definition) is 1. The van der Waals surface area contributed by atoms with Gasteiger partial charge in [0.15, 0.2) is 0 Å². The lowest BCUT2D eigenvalue weighted by Gasteiger charge is -2.01. The molecule has 0 saturated carbocycles. The average molecular weight is 261 g/mol. The smallest absolute Gasteiger partial charge is 0.215 e. The van der Waals surface area contributed by atoms with E-state index >= 15 is 0 Å². The summed E-state index contributed by atoms with van der Waals surface area (Å²) in [4.78, 5) is 0.716. The summed E-state index contributed by atoms with van der Waals surface area (Å²) in [5, 5.41) is 12.6. The fourth-order valence-corrected chi connectivity index (χ4v) is 2.55. The van der Waals surface area contributed by atoms with Gasteiger partial charge < -0.3 is 0 Å². The Hall–Kier alpha value is -1.06. The zero-order valence-corrected chi connectivity index (χ0v) is 10.3. The predicted octanol–water partition coefficient (Wildman–Crippen LogP) is -0.332. The molecule has 0 spiro atoms. The van der Waals surface area contributed by atoms with Crippen molar-refractivity contribution in [2.24, 2.45) is 0 Å². The summed E-state index contributed by atoms with van der Waals surface area (Å²) in [7, 11) is -3.11. The lowest BCUT2D eigenvalue weighted by atomic mass is 10.5. The number of rotatable bonds is 5. The second-order valence-corrected chi connectivity index (χ2v) is 6.24. The molecular formula is C7H11N5O2S2. The normalized spacial score (nSPS) is 12.3. The van der Waals surface area contributed by atoms with Gasteiger partial charge in [-0.3, -0.25) is 0 Å². The summed E-state index contributed by atoms with van der Waals surface area (Å²) >= 11 is 1.41. The van der Waals surface area contributed by atoms with Gasteiger partial charge in [-0.25, -0.2) is 13.1 Å². The third kappa shape index (κ3) is 2.54. The lowest BCUT2D eigenvalue weighted by molar-refractivity contribution is 0.582. The van der Waals surface area contributed by atoms with Crippen molar-refractivity contribution in [3.05, 3.63) is 11.3 Å². The minimum atomic E-state index is -3.11. The molecular weight excluding hydrogens is 250 g/mol. The van der Waals surface area contributed by atoms with Crippen molar-refractivity contribution in [2.75, 3.05) is 12.3 Å². The number of hydrogen-bond acceptors (Lipinski definition) is 6. The molecule has 0 atom stereocenters. The summed E-state index contributed by atoms with van der Waals surface area (Å²) < 4.78 is 26.4. The van der Waals surface area contributed by atoms with Gasteiger partial charge in [0.25, 0.3) is 0 Å². The molecule has 0 bridgehead atoms. The van der Waals surface area contributed by atoms with E-state index in [2.05, 4.69) is 20.0 Å². The van der Waals surface area contributed by atoms with Crippen LogP contribution in [0.15, 0.2) is 6.33 Å². The highest BCUT2D eigenvalue weighted by atomic mass is 32.2. The van der Waals surface area contributed by atoms with E-state index in [0.717, 1.165) is 5.01 Å². The molecule has 0 aliphatic rings. The molecule has 2 rings (SSSR count). The third-order valence-electron chi connectivity index (χ3n) is 1.97. The van der Waals surface area contributed by atoms with E-state index in [-0.39, 0.29) is 5.75 Å². The number of aromatic nitrogens is 4. The van der Waals surface area contributed by atoms with Crippen LogP contribution in [0.4, 0.5) is 0 Å². The van der Waals surface area contributed by atoms with Crippen LogP contribution in [-0.4, -0.2) is 40.5 Å². The van der Waals surface area contributed by atoms with Gasteiger partial charge in [0.2, 0.25) is 15.0 Å². The van der Waals surface area contributed by atoms with E-state index in [1.54, 1.807) is 11.4 Å². The molecule has 2 aromatic rings. The number of fused-ring (bicyclic) bond motifs is 1. The highest BCUT2D eigenvalue weighted by Gasteiger charge is 2.08. The first-order valence-electron chi connectivity index (χ1n) is 4.74. The van der Waals surface area contributed by atoms with Crippen LogP contribution in [0, 0.1) is 0 Å². The topological polar surface area (TPSA) is 89.2 Å². The van der Waals surface area contributed by atoms with E-state index in [1.165, 1.54) is 17.7 Å². The summed E-state index contributed by atoms with van der Waals surface area (Å²) in [6, 6.07) is 0. The Morgan fingerprint density at radius 3 is 3.06 bits per heavy atom. The fourth-order valence-electron chi connectivity index (χ4n) is 1.12. The molecule has 0 aliphatic carbocycles. The van der Waals surface area contributed by atoms with Crippen molar-refractivity contribution in [2.45, 2.75) is 13.3 Å². The molecule has 9 heteroatoms. The first kappa shape index (κ1) is 11.4. The summed E-state index contributed by atoms with van der Waals surface area (Å²) in [6.45, 7) is 1.96. The summed E-state index contributed by atoms with van der Waals surface area (Å²) in [5.74, 6) is 0.0953. The average Bonchev–Trinajstić information content (AvgIpc) is 2.77. The number of nitrogens with zero attached hydrogens (tertiary/aromatic N) is 4. The molecule has 0 radical (unpaired) electrons. The summed E-state index contributed by atoms with van der Waals surface area (Å²) in [5.41, 5.74) is 0. The molecule has 2 aromatic heterocycles. The molecule has 7 nitrogen and oxygen atoms in total. The standard InChI is InChI=1S/C7H11N5O2S2/c1-2-16(13,14)9-4-3-6-11-12-5-8-10-7(12)15-6/h5,9H,2-4H2,1H3. The van der Waals surface area contributed by atoms with Crippen LogP contribution in [0.1, 0.15) is 11.9 Å². The Labute approximate surface area is 96.6 Å². The first-order valence-corrected chi connectivity index (χ1v) is 7.20. The van der Waals surface area contributed by atoms with Crippen LogP contribution in [0.3, 0.4) is 0 Å². The zero-order chi connectivity index (χ0) is 11.6. The minimum absolute atomic E-state index is 0.0953. The molecule has 0 saturated heterocycles. The maximum Gasteiger partial charge on any atom is 0.234 e. The predicted molar refractivity (Wildman–Crippen MR) is 59.8 cm³/mol. The highest BCUT2D eigenvalue weighted by molar-refractivity contribution is 7.89. The lowest BCUT2D eigenvalue weighted by Crippen LogP contribution is -2.27. The van der Waals surface area contributed by atoms with Crippen molar-refractivity contribution in [3.63, 3.8) is 0 Å². The van der Waals surface area contributed by atoms with Gasteiger partial charge in [0.1, 0.15) is 11.3 Å². The van der Waals surface area contributed by atoms with E-state index in [4.69, 9.17) is 0 Å². The number of nitrogens with one attached hydrogen (secondary N) is 1. The van der Waals surface area contributed by atoms with Gasteiger partial charge in [-0.2, -0.15) is 9.61 Å². The van der Waals surface area contributed by atoms with Gasteiger partial charge in [-0.15, -0.1) is 10.2 Å². The van der Waals surface area contributed by atoms with Gasteiger partial charge in [0, 0.05) is 13.0 Å². The van der Waals surface area contributed by atoms with E-state index in [0.29, 0.717) is 17.9 Å². The monoisotopic (exact) mass is 261 g/mol. The molecule has 88 valence electrons. The Morgan fingerprint density at radius 1 is 1.56 bits per heavy atom. The maximum atomic E-state index is 11.2. The van der Waals surface area contributed by atoms with Gasteiger partial charge in [-0.05, 0) is 6.92 Å². The van der Waals surface area contributed by atoms with E-state index in [9.17, 15) is 8.42 Å². The molecule has 1 N–H and O–H groups in total. The van der Waals surface area contributed by atoms with Crippen molar-refractivity contribution in [3.8, 4) is 0 Å². The molecule has 16 heavy (non-hydrogen) atoms. The Morgan fingerprint density at radius 2 is 2.38 bits per heavy atom. The van der Waals surface area contributed by atoms with E-state index < -0.39 is 10.0 Å². The van der Waals surface area contributed by atoms with Crippen molar-refractivity contribution in [1.29, 1.82) is 0 Å². The van der Waals surface area contributed by atoms with E-state index in [1.807, 2.05) is 0 Å². The molecule has 0 amide bonds. The van der Waals surface area contributed by atoms with Crippen LogP contribution in [0.2, 0.25) is 0 Å². The Kier molecular flexibility index (Phi) is 3.17. The first-order chi connectivity index (χ1) is 7.61. The molecule has 0 aromatic carbocycles. The van der Waals surface area contributed by atoms with Crippen molar-refractivity contribution < 1.29 is 8.42 Å². The number of sulfonamides is 1. The van der Waals surface area contributed by atoms with Crippen LogP contribution >= 0.6 is 11.3 Å². The van der Waals surface area contributed by atoms with Crippen molar-refractivity contribution in [1.82, 2.24) is 24.5 Å². The van der Waals surface area contributed by atoms with Crippen LogP contribution in [-0.2, 0) is 16.4 Å². The zero-order valence-electron chi connectivity index (χ0n) is 8.62. The summed E-state index contributed by atoms with van der Waals surface area (Å²) in [6.07, 6.45) is 2.08. The largest absolute Gasteiger partial charge is 0.234 e. The molecule has 0 fully saturated rings. The fraction of sp³-hybridized carbons (Fsp3) is 0.571.